The number of rotatable bonds is 6. The van der Waals surface area contributed by atoms with Crippen LogP contribution in [0.4, 0.5) is 0 Å². The summed E-state index contributed by atoms with van der Waals surface area (Å²) in [5, 5.41) is 1.12. The molecule has 1 unspecified atom stereocenters. The number of alkyl halides is 1. The predicted octanol–water partition coefficient (Wildman–Crippen LogP) is 4.01. The zero-order valence-corrected chi connectivity index (χ0v) is 9.23. The maximum absolute atomic E-state index is 3.78. The Morgan fingerprint density at radius 2 is 1.82 bits per heavy atom. The predicted molar refractivity (Wildman–Crippen MR) is 56.2 cm³/mol. The minimum Gasteiger partial charge on any atom is -0.103 e. The smallest absolute Gasteiger partial charge is 0.00652 e. The van der Waals surface area contributed by atoms with E-state index >= 15 is 0 Å². The summed E-state index contributed by atoms with van der Waals surface area (Å²) in [6, 6.07) is 0. The van der Waals surface area contributed by atoms with Crippen LogP contribution < -0.4 is 0 Å². The van der Waals surface area contributed by atoms with Crippen LogP contribution in [0.5, 0.6) is 0 Å². The molecule has 1 heteroatoms. The number of allylic oxidation sites excluding steroid dienone is 1. The van der Waals surface area contributed by atoms with Gasteiger partial charge in [-0.2, -0.15) is 0 Å². The maximum Gasteiger partial charge on any atom is 0.00652 e. The van der Waals surface area contributed by atoms with E-state index in [1.54, 1.807) is 0 Å². The zero-order chi connectivity index (χ0) is 8.69. The van der Waals surface area contributed by atoms with Gasteiger partial charge in [0.25, 0.3) is 0 Å². The third-order valence-electron chi connectivity index (χ3n) is 2.38. The van der Waals surface area contributed by atoms with Crippen molar-refractivity contribution in [1.29, 1.82) is 0 Å². The fourth-order valence-corrected chi connectivity index (χ4v) is 2.34. The quantitative estimate of drug-likeness (QED) is 0.467. The molecule has 0 spiro atoms. The fourth-order valence-electron chi connectivity index (χ4n) is 1.55. The highest BCUT2D eigenvalue weighted by Crippen LogP contribution is 2.24. The van der Waals surface area contributed by atoms with Crippen molar-refractivity contribution in [2.24, 2.45) is 11.8 Å². The van der Waals surface area contributed by atoms with E-state index in [2.05, 4.69) is 36.4 Å². The van der Waals surface area contributed by atoms with Crippen molar-refractivity contribution in [2.45, 2.75) is 33.1 Å². The summed E-state index contributed by atoms with van der Waals surface area (Å²) >= 11 is 3.55. The molecule has 0 N–H and O–H groups in total. The van der Waals surface area contributed by atoms with E-state index in [9.17, 15) is 0 Å². The van der Waals surface area contributed by atoms with E-state index < -0.39 is 0 Å². The Balaban J connectivity index is 3.85. The lowest BCUT2D eigenvalue weighted by molar-refractivity contribution is 0.347. The molecule has 1 atom stereocenters. The standard InChI is InChI=1S/C10H19Br/c1-4-7-10(8-11)9(5-2)6-3/h4,9-10H,1,5-8H2,2-3H3. The van der Waals surface area contributed by atoms with E-state index in [-0.39, 0.29) is 0 Å². The molecule has 0 aromatic heterocycles. The zero-order valence-electron chi connectivity index (χ0n) is 7.65. The first kappa shape index (κ1) is 11.2. The first-order chi connectivity index (χ1) is 5.29. The molecule has 11 heavy (non-hydrogen) atoms. The van der Waals surface area contributed by atoms with E-state index in [4.69, 9.17) is 0 Å². The Hall–Kier alpha value is 0.220. The van der Waals surface area contributed by atoms with Crippen molar-refractivity contribution < 1.29 is 0 Å². The molecule has 0 aliphatic heterocycles. The van der Waals surface area contributed by atoms with Gasteiger partial charge >= 0.3 is 0 Å². The molecule has 0 amide bonds. The van der Waals surface area contributed by atoms with Crippen LogP contribution in [0.1, 0.15) is 33.1 Å². The minimum atomic E-state index is 0.794. The summed E-state index contributed by atoms with van der Waals surface area (Å²) in [4.78, 5) is 0. The lowest BCUT2D eigenvalue weighted by Crippen LogP contribution is -2.13. The van der Waals surface area contributed by atoms with Gasteiger partial charge in [0.2, 0.25) is 0 Å². The van der Waals surface area contributed by atoms with Gasteiger partial charge < -0.3 is 0 Å². The molecule has 0 radical (unpaired) electrons. The van der Waals surface area contributed by atoms with Gasteiger partial charge in [0.15, 0.2) is 0 Å². The minimum absolute atomic E-state index is 0.794. The normalized spacial score (nSPS) is 13.5. The molecule has 0 aliphatic rings. The average Bonchev–Trinajstić information content (AvgIpc) is 2.05. The van der Waals surface area contributed by atoms with Gasteiger partial charge in [-0.1, -0.05) is 48.7 Å². The second-order valence-electron chi connectivity index (χ2n) is 3.02. The summed E-state index contributed by atoms with van der Waals surface area (Å²) in [6.07, 6.45) is 5.77. The Labute approximate surface area is 79.2 Å². The van der Waals surface area contributed by atoms with Crippen LogP contribution in [-0.2, 0) is 0 Å². The van der Waals surface area contributed by atoms with Gasteiger partial charge in [0, 0.05) is 5.33 Å². The highest BCUT2D eigenvalue weighted by Gasteiger charge is 2.14. The summed E-state index contributed by atoms with van der Waals surface area (Å²) < 4.78 is 0. The summed E-state index contributed by atoms with van der Waals surface area (Å²) in [6.45, 7) is 8.32. The van der Waals surface area contributed by atoms with Gasteiger partial charge in [0.1, 0.15) is 0 Å². The highest BCUT2D eigenvalue weighted by molar-refractivity contribution is 9.09. The molecule has 0 bridgehead atoms. The van der Waals surface area contributed by atoms with Crippen molar-refractivity contribution in [3.63, 3.8) is 0 Å². The van der Waals surface area contributed by atoms with Crippen molar-refractivity contribution in [1.82, 2.24) is 0 Å². The van der Waals surface area contributed by atoms with Crippen molar-refractivity contribution >= 4 is 15.9 Å². The van der Waals surface area contributed by atoms with Crippen LogP contribution in [-0.4, -0.2) is 5.33 Å². The fraction of sp³-hybridized carbons (Fsp3) is 0.800. The molecule has 0 aliphatic carbocycles. The Bertz CT molecular complexity index is 95.0. The molecular formula is C10H19Br. The van der Waals surface area contributed by atoms with E-state index in [1.165, 1.54) is 12.8 Å². The van der Waals surface area contributed by atoms with Gasteiger partial charge in [0.05, 0.1) is 0 Å². The largest absolute Gasteiger partial charge is 0.103 e. The van der Waals surface area contributed by atoms with Crippen molar-refractivity contribution in [3.05, 3.63) is 12.7 Å². The van der Waals surface area contributed by atoms with Crippen molar-refractivity contribution in [2.75, 3.05) is 5.33 Å². The lowest BCUT2D eigenvalue weighted by atomic mass is 9.87. The molecule has 0 saturated carbocycles. The molecule has 0 nitrogen and oxygen atoms in total. The van der Waals surface area contributed by atoms with Gasteiger partial charge in [-0.3, -0.25) is 0 Å². The lowest BCUT2D eigenvalue weighted by Gasteiger charge is -2.21. The number of halogens is 1. The van der Waals surface area contributed by atoms with E-state index in [0.29, 0.717) is 0 Å². The van der Waals surface area contributed by atoms with Crippen LogP contribution >= 0.6 is 15.9 Å². The van der Waals surface area contributed by atoms with Crippen LogP contribution in [0.25, 0.3) is 0 Å². The van der Waals surface area contributed by atoms with E-state index in [0.717, 1.165) is 23.6 Å². The summed E-state index contributed by atoms with van der Waals surface area (Å²) in [7, 11) is 0. The monoisotopic (exact) mass is 218 g/mol. The van der Waals surface area contributed by atoms with Crippen LogP contribution in [0.15, 0.2) is 12.7 Å². The molecule has 66 valence electrons. The third-order valence-corrected chi connectivity index (χ3v) is 3.21. The molecule has 0 heterocycles. The van der Waals surface area contributed by atoms with Gasteiger partial charge in [-0.05, 0) is 18.3 Å². The second-order valence-corrected chi connectivity index (χ2v) is 3.66. The Kier molecular flexibility index (Phi) is 7.04. The SMILES string of the molecule is C=CCC(CBr)C(CC)CC. The van der Waals surface area contributed by atoms with Crippen LogP contribution in [0.2, 0.25) is 0 Å². The molecule has 0 aromatic rings. The maximum atomic E-state index is 3.78. The highest BCUT2D eigenvalue weighted by atomic mass is 79.9. The number of hydrogen-bond acceptors (Lipinski definition) is 0. The van der Waals surface area contributed by atoms with Gasteiger partial charge in [-0.25, -0.2) is 0 Å². The first-order valence-electron chi connectivity index (χ1n) is 4.46. The molecular weight excluding hydrogens is 200 g/mol. The second kappa shape index (κ2) is 6.90. The Morgan fingerprint density at radius 3 is 2.09 bits per heavy atom. The summed E-state index contributed by atoms with van der Waals surface area (Å²) in [5.41, 5.74) is 0. The van der Waals surface area contributed by atoms with Crippen molar-refractivity contribution in [3.8, 4) is 0 Å². The average molecular weight is 219 g/mol. The first-order valence-corrected chi connectivity index (χ1v) is 5.59. The van der Waals surface area contributed by atoms with Crippen LogP contribution in [0.3, 0.4) is 0 Å². The Morgan fingerprint density at radius 1 is 1.27 bits per heavy atom. The molecule has 0 fully saturated rings. The summed E-state index contributed by atoms with van der Waals surface area (Å²) in [5.74, 6) is 1.66. The van der Waals surface area contributed by atoms with E-state index in [1.807, 2.05) is 6.08 Å². The molecule has 0 aromatic carbocycles. The topological polar surface area (TPSA) is 0 Å². The molecule has 0 saturated heterocycles. The van der Waals surface area contributed by atoms with Crippen LogP contribution in [0, 0.1) is 11.8 Å². The molecule has 0 rings (SSSR count). The third kappa shape index (κ3) is 3.95. The number of hydrogen-bond donors (Lipinski definition) is 0. The van der Waals surface area contributed by atoms with Gasteiger partial charge in [-0.15, -0.1) is 6.58 Å².